The monoisotopic (exact) mass is 297 g/mol. The topological polar surface area (TPSA) is 83.5 Å². The van der Waals surface area contributed by atoms with E-state index >= 15 is 0 Å². The third kappa shape index (κ3) is 3.90. The van der Waals surface area contributed by atoms with Crippen LogP contribution in [-0.2, 0) is 15.6 Å². The molecule has 3 atom stereocenters. The molecule has 0 radical (unpaired) electrons. The molecular formula is C14H19NO4S. The molecule has 1 amide bonds. The van der Waals surface area contributed by atoms with Crippen LogP contribution in [0.25, 0.3) is 0 Å². The van der Waals surface area contributed by atoms with Crippen LogP contribution in [0.15, 0.2) is 29.2 Å². The lowest BCUT2D eigenvalue weighted by molar-refractivity contribution is -0.121. The molecule has 0 bridgehead atoms. The molecule has 6 heteroatoms. The summed E-state index contributed by atoms with van der Waals surface area (Å²) in [7, 11) is -1.70. The molecule has 0 spiro atoms. The number of benzene rings is 1. The second-order valence-electron chi connectivity index (χ2n) is 4.56. The maximum Gasteiger partial charge on any atom is 0.336 e. The van der Waals surface area contributed by atoms with Crippen molar-refractivity contribution in [3.05, 3.63) is 29.8 Å². The van der Waals surface area contributed by atoms with E-state index in [2.05, 4.69) is 5.32 Å². The van der Waals surface area contributed by atoms with Crippen LogP contribution in [0.5, 0.6) is 0 Å². The van der Waals surface area contributed by atoms with Crippen LogP contribution in [0, 0.1) is 0 Å². The van der Waals surface area contributed by atoms with Gasteiger partial charge in [0.05, 0.1) is 21.3 Å². The molecule has 110 valence electrons. The van der Waals surface area contributed by atoms with Crippen LogP contribution in [0.1, 0.15) is 37.6 Å². The van der Waals surface area contributed by atoms with Gasteiger partial charge >= 0.3 is 5.97 Å². The summed E-state index contributed by atoms with van der Waals surface area (Å²) >= 11 is 0. The van der Waals surface area contributed by atoms with Crippen LogP contribution in [-0.4, -0.2) is 32.5 Å². The first-order valence-corrected chi connectivity index (χ1v) is 7.63. The third-order valence-corrected chi connectivity index (χ3v) is 4.67. The fourth-order valence-electron chi connectivity index (χ4n) is 1.57. The van der Waals surface area contributed by atoms with Gasteiger partial charge in [-0.25, -0.2) is 4.79 Å². The molecule has 0 saturated carbocycles. The van der Waals surface area contributed by atoms with Crippen molar-refractivity contribution < 1.29 is 18.9 Å². The van der Waals surface area contributed by atoms with E-state index in [1.165, 1.54) is 19.1 Å². The molecule has 0 heterocycles. The Morgan fingerprint density at radius 2 is 1.90 bits per heavy atom. The van der Waals surface area contributed by atoms with Crippen molar-refractivity contribution in [1.29, 1.82) is 0 Å². The van der Waals surface area contributed by atoms with Gasteiger partial charge in [0, 0.05) is 6.04 Å². The molecule has 0 aromatic heterocycles. The van der Waals surface area contributed by atoms with Crippen molar-refractivity contribution in [1.82, 2.24) is 5.32 Å². The zero-order chi connectivity index (χ0) is 15.3. The number of hydrogen-bond acceptors (Lipinski definition) is 3. The van der Waals surface area contributed by atoms with Crippen molar-refractivity contribution >= 4 is 22.7 Å². The Morgan fingerprint density at radius 3 is 2.45 bits per heavy atom. The smallest absolute Gasteiger partial charge is 0.336 e. The number of carbonyl (C=O) groups excluding carboxylic acids is 1. The highest BCUT2D eigenvalue weighted by Crippen LogP contribution is 2.17. The third-order valence-electron chi connectivity index (χ3n) is 3.03. The molecule has 0 fully saturated rings. The minimum Gasteiger partial charge on any atom is -0.478 e. The van der Waals surface area contributed by atoms with Crippen LogP contribution in [0.3, 0.4) is 0 Å². The highest BCUT2D eigenvalue weighted by molar-refractivity contribution is 7.86. The number of carboxylic acids is 1. The average molecular weight is 297 g/mol. The van der Waals surface area contributed by atoms with Crippen molar-refractivity contribution in [3.63, 3.8) is 0 Å². The molecular weight excluding hydrogens is 278 g/mol. The molecule has 0 saturated heterocycles. The predicted octanol–water partition coefficient (Wildman–Crippen LogP) is 1.80. The van der Waals surface area contributed by atoms with E-state index in [0.717, 1.165) is 6.42 Å². The van der Waals surface area contributed by atoms with Crippen LogP contribution >= 0.6 is 0 Å². The number of carbonyl (C=O) groups is 2. The lowest BCUT2D eigenvalue weighted by atomic mass is 10.2. The van der Waals surface area contributed by atoms with Gasteiger partial charge in [0.25, 0.3) is 0 Å². The number of carboxylic acid groups (broad SMARTS) is 1. The van der Waals surface area contributed by atoms with Crippen molar-refractivity contribution in [2.75, 3.05) is 0 Å². The Labute approximate surface area is 120 Å². The standard InChI is InChI=1S/C14H19NO4S/c1-4-9(2)15-13(16)10(3)20(19)12-8-6-5-7-11(12)14(17)18/h5-10H,4H2,1-3H3,(H,15,16)(H,17,18). The fourth-order valence-corrected chi connectivity index (χ4v) is 2.80. The number of amides is 1. The second kappa shape index (κ2) is 7.19. The fraction of sp³-hybridized carbons (Fsp3) is 0.429. The maximum atomic E-state index is 12.4. The van der Waals surface area contributed by atoms with Crippen LogP contribution < -0.4 is 5.32 Å². The van der Waals surface area contributed by atoms with Crippen LogP contribution in [0.2, 0.25) is 0 Å². The molecule has 20 heavy (non-hydrogen) atoms. The molecule has 1 aromatic rings. The summed E-state index contributed by atoms with van der Waals surface area (Å²) < 4.78 is 12.4. The largest absolute Gasteiger partial charge is 0.478 e. The molecule has 0 aliphatic carbocycles. The van der Waals surface area contributed by atoms with E-state index in [1.807, 2.05) is 13.8 Å². The van der Waals surface area contributed by atoms with Gasteiger partial charge in [-0.05, 0) is 32.4 Å². The highest BCUT2D eigenvalue weighted by atomic mass is 32.2. The van der Waals surface area contributed by atoms with Crippen LogP contribution in [0.4, 0.5) is 0 Å². The van der Waals surface area contributed by atoms with E-state index in [1.54, 1.807) is 12.1 Å². The zero-order valence-corrected chi connectivity index (χ0v) is 12.6. The molecule has 0 aliphatic rings. The minimum atomic E-state index is -1.70. The summed E-state index contributed by atoms with van der Waals surface area (Å²) in [6.07, 6.45) is 0.775. The second-order valence-corrected chi connectivity index (χ2v) is 6.30. The molecule has 5 nitrogen and oxygen atoms in total. The summed E-state index contributed by atoms with van der Waals surface area (Å²) in [4.78, 5) is 23.2. The molecule has 2 N–H and O–H groups in total. The Balaban J connectivity index is 2.95. The quantitative estimate of drug-likeness (QED) is 0.838. The van der Waals surface area contributed by atoms with Gasteiger partial charge in [-0.3, -0.25) is 9.00 Å². The Hall–Kier alpha value is -1.69. The van der Waals surface area contributed by atoms with Crippen molar-refractivity contribution in [2.24, 2.45) is 0 Å². The molecule has 3 unspecified atom stereocenters. The van der Waals surface area contributed by atoms with Gasteiger partial charge in [-0.2, -0.15) is 0 Å². The summed E-state index contributed by atoms with van der Waals surface area (Å²) in [5, 5.41) is 11.0. The average Bonchev–Trinajstić information content (AvgIpc) is 2.45. The number of hydrogen-bond donors (Lipinski definition) is 2. The summed E-state index contributed by atoms with van der Waals surface area (Å²) in [5.41, 5.74) is -0.0333. The molecule has 1 aromatic carbocycles. The van der Waals surface area contributed by atoms with Gasteiger partial charge in [0.1, 0.15) is 5.25 Å². The van der Waals surface area contributed by atoms with Gasteiger partial charge < -0.3 is 10.4 Å². The summed E-state index contributed by atoms with van der Waals surface area (Å²) in [6, 6.07) is 6.03. The SMILES string of the molecule is CCC(C)NC(=O)C(C)S(=O)c1ccccc1C(=O)O. The van der Waals surface area contributed by atoms with Gasteiger partial charge in [-0.15, -0.1) is 0 Å². The van der Waals surface area contributed by atoms with Crippen molar-refractivity contribution in [2.45, 2.75) is 43.4 Å². The number of nitrogens with one attached hydrogen (secondary N) is 1. The first-order chi connectivity index (χ1) is 9.38. The Morgan fingerprint density at radius 1 is 1.30 bits per heavy atom. The predicted molar refractivity (Wildman–Crippen MR) is 77.2 cm³/mol. The van der Waals surface area contributed by atoms with E-state index in [-0.39, 0.29) is 22.4 Å². The van der Waals surface area contributed by atoms with Gasteiger partial charge in [0.15, 0.2) is 0 Å². The lowest BCUT2D eigenvalue weighted by Gasteiger charge is -2.16. The zero-order valence-electron chi connectivity index (χ0n) is 11.8. The number of aromatic carboxylic acids is 1. The van der Waals surface area contributed by atoms with Gasteiger partial charge in [-0.1, -0.05) is 19.1 Å². The van der Waals surface area contributed by atoms with E-state index in [0.29, 0.717) is 0 Å². The molecule has 0 aliphatic heterocycles. The van der Waals surface area contributed by atoms with Gasteiger partial charge in [0.2, 0.25) is 5.91 Å². The first kappa shape index (κ1) is 16.4. The maximum absolute atomic E-state index is 12.4. The highest BCUT2D eigenvalue weighted by Gasteiger charge is 2.25. The number of rotatable bonds is 6. The Kier molecular flexibility index (Phi) is 5.88. The normalized spacial score (nSPS) is 15.2. The van der Waals surface area contributed by atoms with E-state index in [4.69, 9.17) is 5.11 Å². The molecule has 1 rings (SSSR count). The Bertz CT molecular complexity index is 530. The minimum absolute atomic E-state index is 0.00309. The lowest BCUT2D eigenvalue weighted by Crippen LogP contribution is -2.40. The summed E-state index contributed by atoms with van der Waals surface area (Å²) in [5.74, 6) is -1.48. The summed E-state index contributed by atoms with van der Waals surface area (Å²) in [6.45, 7) is 5.33. The van der Waals surface area contributed by atoms with E-state index < -0.39 is 22.0 Å². The first-order valence-electron chi connectivity index (χ1n) is 6.41. The van der Waals surface area contributed by atoms with E-state index in [9.17, 15) is 13.8 Å². The van der Waals surface area contributed by atoms with Crippen molar-refractivity contribution in [3.8, 4) is 0 Å².